The van der Waals surface area contributed by atoms with Crippen molar-refractivity contribution in [2.75, 3.05) is 44.2 Å². The van der Waals surface area contributed by atoms with Gasteiger partial charge in [-0.05, 0) is 17.7 Å². The third-order valence-corrected chi connectivity index (χ3v) is 6.77. The van der Waals surface area contributed by atoms with Crippen LogP contribution in [0, 0.1) is 0 Å². The first kappa shape index (κ1) is 22.4. The summed E-state index contributed by atoms with van der Waals surface area (Å²) in [6.07, 6.45) is 3.63. The molecule has 0 saturated carbocycles. The molecule has 6 rings (SSSR count). The molecular weight excluding hydrogens is 448 g/mol. The van der Waals surface area contributed by atoms with Gasteiger partial charge in [-0.2, -0.15) is 9.61 Å². The zero-order chi connectivity index (χ0) is 24.3. The number of nitrogens with zero attached hydrogens (tertiary/aromatic N) is 6. The summed E-state index contributed by atoms with van der Waals surface area (Å²) < 4.78 is 2.01. The minimum absolute atomic E-state index is 0.187. The summed E-state index contributed by atoms with van der Waals surface area (Å²) in [5.41, 5.74) is 6.81. The summed E-state index contributed by atoms with van der Waals surface area (Å²) in [4.78, 5) is 14.1. The topological polar surface area (TPSA) is 69.8 Å². The Morgan fingerprint density at radius 3 is 2.08 bits per heavy atom. The van der Waals surface area contributed by atoms with Crippen LogP contribution in [0.4, 0.5) is 5.82 Å². The molecular formula is C29H28N6O. The van der Waals surface area contributed by atoms with Gasteiger partial charge in [0.05, 0.1) is 17.9 Å². The number of rotatable bonds is 6. The summed E-state index contributed by atoms with van der Waals surface area (Å²) in [6.45, 7) is 4.41. The predicted molar refractivity (Wildman–Crippen MR) is 143 cm³/mol. The number of aromatic nitrogens is 4. The minimum atomic E-state index is 0.187. The Labute approximate surface area is 210 Å². The van der Waals surface area contributed by atoms with Crippen LogP contribution in [-0.2, 0) is 0 Å². The van der Waals surface area contributed by atoms with Gasteiger partial charge in [0.1, 0.15) is 11.5 Å². The first-order valence-electron chi connectivity index (χ1n) is 12.3. The monoisotopic (exact) mass is 476 g/mol. The van der Waals surface area contributed by atoms with E-state index in [2.05, 4.69) is 45.1 Å². The van der Waals surface area contributed by atoms with Gasteiger partial charge in [0.2, 0.25) is 0 Å². The summed E-state index contributed by atoms with van der Waals surface area (Å²) in [5, 5.41) is 14.5. The lowest BCUT2D eigenvalue weighted by Gasteiger charge is -2.35. The highest BCUT2D eigenvalue weighted by atomic mass is 16.3. The van der Waals surface area contributed by atoms with E-state index >= 15 is 0 Å². The zero-order valence-electron chi connectivity index (χ0n) is 20.0. The second kappa shape index (κ2) is 9.89. The molecule has 0 amide bonds. The van der Waals surface area contributed by atoms with Crippen molar-refractivity contribution in [3.8, 4) is 33.6 Å². The highest BCUT2D eigenvalue weighted by Crippen LogP contribution is 2.37. The maximum absolute atomic E-state index is 9.37. The second-order valence-corrected chi connectivity index (χ2v) is 8.98. The molecule has 4 heterocycles. The highest BCUT2D eigenvalue weighted by Gasteiger charge is 2.25. The molecule has 7 heteroatoms. The summed E-state index contributed by atoms with van der Waals surface area (Å²) in [6, 6.07) is 26.8. The number of pyridine rings is 1. The first-order valence-corrected chi connectivity index (χ1v) is 12.3. The molecule has 180 valence electrons. The molecule has 0 aliphatic carbocycles. The maximum atomic E-state index is 9.37. The van der Waals surface area contributed by atoms with Gasteiger partial charge < -0.3 is 10.0 Å². The molecule has 1 fully saturated rings. The SMILES string of the molecule is OCCN1CCN(c2cc(-c3ccccc3)nc3c(-c4ccncc4)c(-c4ccccc4)nn23)CC1. The quantitative estimate of drug-likeness (QED) is 0.395. The molecule has 1 aliphatic rings. The van der Waals surface area contributed by atoms with E-state index in [4.69, 9.17) is 10.1 Å². The van der Waals surface area contributed by atoms with Gasteiger partial charge in [-0.25, -0.2) is 4.98 Å². The van der Waals surface area contributed by atoms with Gasteiger partial charge in [0, 0.05) is 62.3 Å². The van der Waals surface area contributed by atoms with Gasteiger partial charge in [-0.15, -0.1) is 0 Å². The number of aliphatic hydroxyl groups excluding tert-OH is 1. The van der Waals surface area contributed by atoms with Crippen LogP contribution in [0.25, 0.3) is 39.3 Å². The van der Waals surface area contributed by atoms with Crippen molar-refractivity contribution < 1.29 is 5.11 Å². The van der Waals surface area contributed by atoms with Crippen LogP contribution in [0.5, 0.6) is 0 Å². The van der Waals surface area contributed by atoms with Crippen LogP contribution in [0.1, 0.15) is 0 Å². The van der Waals surface area contributed by atoms with Gasteiger partial charge in [0.15, 0.2) is 5.65 Å². The number of aliphatic hydroxyl groups is 1. The Kier molecular flexibility index (Phi) is 6.15. The van der Waals surface area contributed by atoms with E-state index in [0.717, 1.165) is 71.3 Å². The van der Waals surface area contributed by atoms with Crippen LogP contribution >= 0.6 is 0 Å². The van der Waals surface area contributed by atoms with E-state index in [1.165, 1.54) is 0 Å². The van der Waals surface area contributed by atoms with E-state index < -0.39 is 0 Å². The number of fused-ring (bicyclic) bond motifs is 1. The lowest BCUT2D eigenvalue weighted by molar-refractivity contribution is 0.188. The molecule has 5 aromatic rings. The van der Waals surface area contributed by atoms with E-state index in [9.17, 15) is 5.11 Å². The summed E-state index contributed by atoms with van der Waals surface area (Å²) in [7, 11) is 0. The van der Waals surface area contributed by atoms with Crippen LogP contribution in [0.2, 0.25) is 0 Å². The first-order chi connectivity index (χ1) is 17.8. The molecule has 36 heavy (non-hydrogen) atoms. The Bertz CT molecular complexity index is 1450. The molecule has 1 N–H and O–H groups in total. The van der Waals surface area contributed by atoms with Crippen molar-refractivity contribution in [3.05, 3.63) is 91.3 Å². The summed E-state index contributed by atoms with van der Waals surface area (Å²) >= 11 is 0. The van der Waals surface area contributed by atoms with Crippen molar-refractivity contribution in [2.45, 2.75) is 0 Å². The molecule has 7 nitrogen and oxygen atoms in total. The lowest BCUT2D eigenvalue weighted by Crippen LogP contribution is -2.47. The fourth-order valence-corrected chi connectivity index (χ4v) is 4.91. The van der Waals surface area contributed by atoms with E-state index in [-0.39, 0.29) is 6.61 Å². The van der Waals surface area contributed by atoms with Gasteiger partial charge >= 0.3 is 0 Å². The minimum Gasteiger partial charge on any atom is -0.395 e. The third kappa shape index (κ3) is 4.23. The van der Waals surface area contributed by atoms with E-state index in [1.807, 2.05) is 65.4 Å². The van der Waals surface area contributed by atoms with Gasteiger partial charge in [-0.1, -0.05) is 60.7 Å². The summed E-state index contributed by atoms with van der Waals surface area (Å²) in [5.74, 6) is 1.03. The Morgan fingerprint density at radius 1 is 0.750 bits per heavy atom. The normalized spacial score (nSPS) is 14.4. The van der Waals surface area contributed by atoms with E-state index in [1.54, 1.807) is 0 Å². The van der Waals surface area contributed by atoms with Crippen LogP contribution in [0.3, 0.4) is 0 Å². The smallest absolute Gasteiger partial charge is 0.166 e. The molecule has 1 saturated heterocycles. The molecule has 0 spiro atoms. The number of piperazine rings is 1. The largest absolute Gasteiger partial charge is 0.395 e. The zero-order valence-corrected chi connectivity index (χ0v) is 20.0. The Balaban J connectivity index is 1.59. The Morgan fingerprint density at radius 2 is 1.42 bits per heavy atom. The van der Waals surface area contributed by atoms with Gasteiger partial charge in [0.25, 0.3) is 0 Å². The number of hydrogen-bond acceptors (Lipinski definition) is 6. The molecule has 3 aromatic heterocycles. The van der Waals surface area contributed by atoms with Crippen molar-refractivity contribution >= 4 is 11.5 Å². The van der Waals surface area contributed by atoms with Crippen molar-refractivity contribution in [3.63, 3.8) is 0 Å². The Hall–Kier alpha value is -4.07. The van der Waals surface area contributed by atoms with Crippen molar-refractivity contribution in [2.24, 2.45) is 0 Å². The second-order valence-electron chi connectivity index (χ2n) is 8.98. The standard InChI is InChI=1S/C29H28N6O/c36-20-19-33-15-17-34(18-16-33)26-21-25(22-7-3-1-4-8-22)31-29-27(23-11-13-30-14-12-23)28(32-35(26)29)24-9-5-2-6-10-24/h1-14,21,36H,15-20H2. The molecule has 2 aromatic carbocycles. The fourth-order valence-electron chi connectivity index (χ4n) is 4.91. The van der Waals surface area contributed by atoms with Crippen LogP contribution in [-0.4, -0.2) is 68.9 Å². The van der Waals surface area contributed by atoms with Crippen molar-refractivity contribution in [1.29, 1.82) is 0 Å². The highest BCUT2D eigenvalue weighted by molar-refractivity contribution is 5.91. The van der Waals surface area contributed by atoms with Crippen LogP contribution in [0.15, 0.2) is 91.3 Å². The molecule has 0 atom stereocenters. The average molecular weight is 477 g/mol. The van der Waals surface area contributed by atoms with Crippen LogP contribution < -0.4 is 4.90 Å². The average Bonchev–Trinajstić information content (AvgIpc) is 3.34. The fraction of sp³-hybridized carbons (Fsp3) is 0.207. The molecule has 0 unspecified atom stereocenters. The maximum Gasteiger partial charge on any atom is 0.166 e. The number of anilines is 1. The predicted octanol–water partition coefficient (Wildman–Crippen LogP) is 4.24. The van der Waals surface area contributed by atoms with E-state index in [0.29, 0.717) is 6.54 Å². The third-order valence-electron chi connectivity index (χ3n) is 6.77. The molecule has 0 radical (unpaired) electrons. The number of β-amino-alcohol motifs (C(OH)–C–C–N with tert-alkyl or cyclic N) is 1. The van der Waals surface area contributed by atoms with Gasteiger partial charge in [-0.3, -0.25) is 9.88 Å². The number of benzene rings is 2. The lowest BCUT2D eigenvalue weighted by atomic mass is 10.0. The molecule has 0 bridgehead atoms. The van der Waals surface area contributed by atoms with Crippen molar-refractivity contribution in [1.82, 2.24) is 24.5 Å². The molecule has 1 aliphatic heterocycles. The number of hydrogen-bond donors (Lipinski definition) is 1.